The van der Waals surface area contributed by atoms with E-state index in [1.807, 2.05) is 24.3 Å². The lowest BCUT2D eigenvalue weighted by Crippen LogP contribution is -2.14. The molecule has 0 aliphatic rings. The average Bonchev–Trinajstić information content (AvgIpc) is 2.34. The van der Waals surface area contributed by atoms with Crippen molar-refractivity contribution in [1.82, 2.24) is 0 Å². The molecule has 4 heteroatoms. The van der Waals surface area contributed by atoms with Crippen molar-refractivity contribution in [3.05, 3.63) is 35.4 Å². The number of thioether (sulfide) groups is 1. The van der Waals surface area contributed by atoms with Crippen molar-refractivity contribution in [2.75, 3.05) is 7.11 Å². The fourth-order valence-corrected chi connectivity index (χ4v) is 2.50. The Labute approximate surface area is 118 Å². The van der Waals surface area contributed by atoms with Gasteiger partial charge in [-0.15, -0.1) is 0 Å². The first-order valence-corrected chi connectivity index (χ1v) is 6.99. The lowest BCUT2D eigenvalue weighted by molar-refractivity contribution is -0.140. The average molecular weight is 280 g/mol. The molecule has 0 spiro atoms. The highest BCUT2D eigenvalue weighted by Gasteiger charge is 2.24. The summed E-state index contributed by atoms with van der Waals surface area (Å²) in [5.74, 6) is -0.399. The van der Waals surface area contributed by atoms with E-state index in [1.165, 1.54) is 19.6 Å². The van der Waals surface area contributed by atoms with Gasteiger partial charge < -0.3 is 4.74 Å². The van der Waals surface area contributed by atoms with E-state index in [4.69, 9.17) is 4.74 Å². The summed E-state index contributed by atoms with van der Waals surface area (Å²) in [5.41, 5.74) is 2.04. The number of esters is 1. The monoisotopic (exact) mass is 280 g/mol. The minimum atomic E-state index is -0.587. The van der Waals surface area contributed by atoms with Gasteiger partial charge in [-0.1, -0.05) is 56.8 Å². The molecule has 1 atom stereocenters. The third-order valence-corrected chi connectivity index (χ3v) is 3.81. The molecular weight excluding hydrogens is 260 g/mol. The van der Waals surface area contributed by atoms with Crippen molar-refractivity contribution in [2.24, 2.45) is 0 Å². The van der Waals surface area contributed by atoms with Crippen LogP contribution in [0.15, 0.2) is 24.3 Å². The van der Waals surface area contributed by atoms with Crippen LogP contribution in [-0.2, 0) is 19.7 Å². The third kappa shape index (κ3) is 4.39. The molecule has 0 aliphatic carbocycles. The van der Waals surface area contributed by atoms with Crippen molar-refractivity contribution in [3.63, 3.8) is 0 Å². The summed E-state index contributed by atoms with van der Waals surface area (Å²) in [4.78, 5) is 23.0. The number of methoxy groups -OCH3 is 1. The summed E-state index contributed by atoms with van der Waals surface area (Å²) in [6, 6.07) is 7.76. The quantitative estimate of drug-likeness (QED) is 0.795. The van der Waals surface area contributed by atoms with Crippen molar-refractivity contribution < 1.29 is 14.3 Å². The van der Waals surface area contributed by atoms with E-state index >= 15 is 0 Å². The highest BCUT2D eigenvalue weighted by atomic mass is 32.2. The summed E-state index contributed by atoms with van der Waals surface area (Å²) >= 11 is 0.985. The molecule has 0 heterocycles. The van der Waals surface area contributed by atoms with Gasteiger partial charge >= 0.3 is 5.97 Å². The van der Waals surface area contributed by atoms with Crippen LogP contribution in [0.3, 0.4) is 0 Å². The second kappa shape index (κ2) is 6.24. The highest BCUT2D eigenvalue weighted by Crippen LogP contribution is 2.32. The highest BCUT2D eigenvalue weighted by molar-refractivity contribution is 8.14. The van der Waals surface area contributed by atoms with Crippen LogP contribution in [0.25, 0.3) is 0 Å². The third-order valence-electron chi connectivity index (χ3n) is 2.78. The number of rotatable bonds is 3. The van der Waals surface area contributed by atoms with Gasteiger partial charge in [0.05, 0.1) is 7.11 Å². The maximum absolute atomic E-state index is 11.7. The molecule has 0 saturated carbocycles. The van der Waals surface area contributed by atoms with E-state index < -0.39 is 11.2 Å². The Morgan fingerprint density at radius 2 is 1.68 bits per heavy atom. The zero-order chi connectivity index (χ0) is 14.6. The molecule has 19 heavy (non-hydrogen) atoms. The van der Waals surface area contributed by atoms with Gasteiger partial charge in [0.25, 0.3) is 0 Å². The molecule has 0 bridgehead atoms. The molecule has 1 unspecified atom stereocenters. The van der Waals surface area contributed by atoms with Crippen LogP contribution < -0.4 is 0 Å². The number of benzene rings is 1. The minimum absolute atomic E-state index is 0.0625. The van der Waals surface area contributed by atoms with Crippen LogP contribution in [0.2, 0.25) is 0 Å². The Balaban J connectivity index is 3.04. The largest absolute Gasteiger partial charge is 0.468 e. The Morgan fingerprint density at radius 3 is 2.05 bits per heavy atom. The topological polar surface area (TPSA) is 43.4 Å². The SMILES string of the molecule is COC(=O)C(SC(C)=O)c1ccc(C(C)(C)C)cc1. The predicted molar refractivity (Wildman–Crippen MR) is 78.2 cm³/mol. The second-order valence-electron chi connectivity index (χ2n) is 5.38. The first-order chi connectivity index (χ1) is 8.75. The van der Waals surface area contributed by atoms with Crippen molar-refractivity contribution in [1.29, 1.82) is 0 Å². The van der Waals surface area contributed by atoms with E-state index in [1.54, 1.807) is 0 Å². The molecule has 0 aliphatic heterocycles. The summed E-state index contributed by atoms with van der Waals surface area (Å²) in [6.45, 7) is 7.84. The molecule has 0 N–H and O–H groups in total. The van der Waals surface area contributed by atoms with E-state index in [0.29, 0.717) is 0 Å². The maximum Gasteiger partial charge on any atom is 0.323 e. The molecule has 0 fully saturated rings. The van der Waals surface area contributed by atoms with Crippen LogP contribution in [-0.4, -0.2) is 18.2 Å². The van der Waals surface area contributed by atoms with Crippen LogP contribution >= 0.6 is 11.8 Å². The van der Waals surface area contributed by atoms with E-state index in [2.05, 4.69) is 20.8 Å². The molecule has 1 aromatic rings. The Hall–Kier alpha value is -1.29. The number of carbonyl (C=O) groups is 2. The molecule has 1 aromatic carbocycles. The van der Waals surface area contributed by atoms with Gasteiger partial charge in [-0.3, -0.25) is 9.59 Å². The summed E-state index contributed by atoms with van der Waals surface area (Å²) in [7, 11) is 1.33. The van der Waals surface area contributed by atoms with Crippen molar-refractivity contribution in [2.45, 2.75) is 38.4 Å². The van der Waals surface area contributed by atoms with E-state index in [-0.39, 0.29) is 10.5 Å². The second-order valence-corrected chi connectivity index (χ2v) is 6.67. The van der Waals surface area contributed by atoms with Crippen LogP contribution in [0.1, 0.15) is 44.1 Å². The lowest BCUT2D eigenvalue weighted by atomic mass is 9.86. The molecule has 0 radical (unpaired) electrons. The smallest absolute Gasteiger partial charge is 0.323 e. The standard InChI is InChI=1S/C15H20O3S/c1-10(16)19-13(14(17)18-5)11-6-8-12(9-7-11)15(2,3)4/h6-9,13H,1-5H3. The molecule has 3 nitrogen and oxygen atoms in total. The normalized spacial score (nSPS) is 12.9. The summed E-state index contributed by atoms with van der Waals surface area (Å²) in [6.07, 6.45) is 0. The number of carbonyl (C=O) groups excluding carboxylic acids is 2. The predicted octanol–water partition coefficient (Wildman–Crippen LogP) is 3.48. The summed E-state index contributed by atoms with van der Waals surface area (Å²) < 4.78 is 4.75. The first kappa shape index (κ1) is 15.8. The van der Waals surface area contributed by atoms with Gasteiger partial charge in [-0.2, -0.15) is 0 Å². The summed E-state index contributed by atoms with van der Waals surface area (Å²) in [5, 5.41) is -0.688. The van der Waals surface area contributed by atoms with Gasteiger partial charge in [0.15, 0.2) is 5.12 Å². The van der Waals surface area contributed by atoms with Gasteiger partial charge in [0.1, 0.15) is 5.25 Å². The molecule has 0 amide bonds. The van der Waals surface area contributed by atoms with Gasteiger partial charge in [0, 0.05) is 6.92 Å². The zero-order valence-electron chi connectivity index (χ0n) is 12.0. The molecule has 1 rings (SSSR count). The fourth-order valence-electron chi connectivity index (χ4n) is 1.68. The van der Waals surface area contributed by atoms with Gasteiger partial charge in [-0.05, 0) is 16.5 Å². The lowest BCUT2D eigenvalue weighted by Gasteiger charge is -2.20. The van der Waals surface area contributed by atoms with Crippen molar-refractivity contribution >= 4 is 22.8 Å². The molecule has 104 valence electrons. The molecule has 0 saturated heterocycles. The molecular formula is C15H20O3S. The number of hydrogen-bond donors (Lipinski definition) is 0. The van der Waals surface area contributed by atoms with Crippen LogP contribution in [0.4, 0.5) is 0 Å². The maximum atomic E-state index is 11.7. The van der Waals surface area contributed by atoms with Crippen molar-refractivity contribution in [3.8, 4) is 0 Å². The fraction of sp³-hybridized carbons (Fsp3) is 0.467. The zero-order valence-corrected chi connectivity index (χ0v) is 12.8. The van der Waals surface area contributed by atoms with Gasteiger partial charge in [-0.25, -0.2) is 0 Å². The Kier molecular flexibility index (Phi) is 5.18. The first-order valence-electron chi connectivity index (χ1n) is 6.11. The minimum Gasteiger partial charge on any atom is -0.468 e. The van der Waals surface area contributed by atoms with Crippen LogP contribution in [0.5, 0.6) is 0 Å². The molecule has 0 aromatic heterocycles. The van der Waals surface area contributed by atoms with Gasteiger partial charge in [0.2, 0.25) is 0 Å². The van der Waals surface area contributed by atoms with E-state index in [0.717, 1.165) is 17.3 Å². The number of ether oxygens (including phenoxy) is 1. The van der Waals surface area contributed by atoms with E-state index in [9.17, 15) is 9.59 Å². The Bertz CT molecular complexity index is 457. The van der Waals surface area contributed by atoms with Crippen LogP contribution in [0, 0.1) is 0 Å². The number of hydrogen-bond acceptors (Lipinski definition) is 4. The Morgan fingerprint density at radius 1 is 1.16 bits per heavy atom.